The van der Waals surface area contributed by atoms with E-state index in [2.05, 4.69) is 54.0 Å². The van der Waals surface area contributed by atoms with Gasteiger partial charge in [-0.2, -0.15) is 0 Å². The zero-order valence-corrected chi connectivity index (χ0v) is 17.9. The first-order valence-electron chi connectivity index (χ1n) is 11.5. The van der Waals surface area contributed by atoms with E-state index in [0.717, 1.165) is 45.6 Å². The lowest BCUT2D eigenvalue weighted by atomic mass is 9.59. The number of para-hydroxylation sites is 1. The van der Waals surface area contributed by atoms with Crippen LogP contribution in [0, 0.1) is 17.3 Å². The zero-order valence-electron chi connectivity index (χ0n) is 17.9. The molecule has 2 aliphatic carbocycles. The van der Waals surface area contributed by atoms with E-state index in [-0.39, 0.29) is 23.4 Å². The molecule has 29 heavy (non-hydrogen) atoms. The van der Waals surface area contributed by atoms with E-state index in [1.54, 1.807) is 11.1 Å². The number of ether oxygens (including phenoxy) is 1. The minimum Gasteiger partial charge on any atom is -0.462 e. The maximum atomic E-state index is 12.8. The van der Waals surface area contributed by atoms with Gasteiger partial charge in [0.2, 0.25) is 0 Å². The predicted octanol–water partition coefficient (Wildman–Crippen LogP) is 4.27. The monoisotopic (exact) mass is 394 g/mol. The maximum Gasteiger partial charge on any atom is 0.310 e. The molecule has 4 nitrogen and oxygen atoms in total. The third-order valence-corrected chi connectivity index (χ3v) is 8.13. The van der Waals surface area contributed by atoms with E-state index < -0.39 is 0 Å². The highest BCUT2D eigenvalue weighted by Crippen LogP contribution is 2.55. The second-order valence-electron chi connectivity index (χ2n) is 9.95. The van der Waals surface area contributed by atoms with Gasteiger partial charge >= 0.3 is 5.97 Å². The quantitative estimate of drug-likeness (QED) is 0.566. The number of allylic oxidation sites excluding steroid dienone is 2. The van der Waals surface area contributed by atoms with Gasteiger partial charge in [0.25, 0.3) is 0 Å². The van der Waals surface area contributed by atoms with Crippen molar-refractivity contribution >= 4 is 11.7 Å². The van der Waals surface area contributed by atoms with Crippen molar-refractivity contribution in [2.24, 2.45) is 17.3 Å². The number of anilines is 1. The third-order valence-electron chi connectivity index (χ3n) is 8.13. The molecule has 1 aromatic rings. The Kier molecular flexibility index (Phi) is 4.93. The first kappa shape index (κ1) is 19.2. The number of fused-ring (bicyclic) bond motifs is 2. The van der Waals surface area contributed by atoms with Crippen molar-refractivity contribution in [2.45, 2.75) is 52.1 Å². The molecule has 2 heterocycles. The Morgan fingerprint density at radius 1 is 1.14 bits per heavy atom. The van der Waals surface area contributed by atoms with Crippen LogP contribution in [0.25, 0.3) is 0 Å². The molecule has 4 atom stereocenters. The Labute approximate surface area is 174 Å². The average Bonchev–Trinajstić information content (AvgIpc) is 3.01. The minimum absolute atomic E-state index is 0.0510. The minimum atomic E-state index is 0.0510. The number of hydrogen-bond acceptors (Lipinski definition) is 4. The van der Waals surface area contributed by atoms with Crippen LogP contribution in [0.4, 0.5) is 5.69 Å². The number of benzene rings is 1. The van der Waals surface area contributed by atoms with E-state index in [9.17, 15) is 4.79 Å². The van der Waals surface area contributed by atoms with Crippen LogP contribution in [0.3, 0.4) is 0 Å². The molecular weight excluding hydrogens is 360 g/mol. The van der Waals surface area contributed by atoms with Gasteiger partial charge in [-0.3, -0.25) is 9.69 Å². The summed E-state index contributed by atoms with van der Waals surface area (Å²) in [4.78, 5) is 17.8. The molecule has 0 amide bonds. The van der Waals surface area contributed by atoms with Crippen LogP contribution < -0.4 is 4.90 Å². The van der Waals surface area contributed by atoms with E-state index >= 15 is 0 Å². The highest BCUT2D eigenvalue weighted by Gasteiger charge is 2.53. The molecule has 0 unspecified atom stereocenters. The number of hydrogen-bond donors (Lipinski definition) is 0. The van der Waals surface area contributed by atoms with Crippen molar-refractivity contribution in [2.75, 3.05) is 37.6 Å². The van der Waals surface area contributed by atoms with Crippen LogP contribution in [0.2, 0.25) is 0 Å². The fourth-order valence-electron chi connectivity index (χ4n) is 6.43. The molecule has 3 fully saturated rings. The molecule has 156 valence electrons. The summed E-state index contributed by atoms with van der Waals surface area (Å²) in [7, 11) is 0. The number of nitrogens with zero attached hydrogens (tertiary/aromatic N) is 2. The lowest BCUT2D eigenvalue weighted by Gasteiger charge is -2.46. The van der Waals surface area contributed by atoms with Crippen LogP contribution in [-0.2, 0) is 9.53 Å². The number of carbonyl (C=O) groups excluding carboxylic acids is 1. The first-order chi connectivity index (χ1) is 14.0. The molecule has 0 N–H and O–H groups in total. The SMILES string of the molecule is CC1=C2C[C@@H]3[C@@H](C[C@@]2(C)CCC1)OC(=O)[C@@H]3CN1CCN(c2ccccc2)CC1. The van der Waals surface area contributed by atoms with Crippen molar-refractivity contribution in [3.8, 4) is 0 Å². The van der Waals surface area contributed by atoms with Gasteiger partial charge in [-0.05, 0) is 56.6 Å². The molecule has 0 spiro atoms. The summed E-state index contributed by atoms with van der Waals surface area (Å²) in [6.07, 6.45) is 6.03. The molecule has 0 radical (unpaired) electrons. The first-order valence-corrected chi connectivity index (χ1v) is 11.5. The van der Waals surface area contributed by atoms with Crippen molar-refractivity contribution in [3.63, 3.8) is 0 Å². The van der Waals surface area contributed by atoms with Gasteiger partial charge in [0.15, 0.2) is 0 Å². The van der Waals surface area contributed by atoms with Gasteiger partial charge in [-0.15, -0.1) is 0 Å². The maximum absolute atomic E-state index is 12.8. The molecule has 4 heteroatoms. The molecule has 0 aromatic heterocycles. The summed E-state index contributed by atoms with van der Waals surface area (Å²) in [6, 6.07) is 10.7. The lowest BCUT2D eigenvalue weighted by molar-refractivity contribution is -0.145. The Hall–Kier alpha value is -1.81. The molecule has 4 aliphatic rings. The summed E-state index contributed by atoms with van der Waals surface area (Å²) in [5.74, 6) is 0.492. The van der Waals surface area contributed by atoms with Crippen molar-refractivity contribution < 1.29 is 9.53 Å². The summed E-state index contributed by atoms with van der Waals surface area (Å²) in [6.45, 7) is 9.70. The average molecular weight is 395 g/mol. The second-order valence-corrected chi connectivity index (χ2v) is 9.95. The van der Waals surface area contributed by atoms with Crippen LogP contribution in [0.1, 0.15) is 46.0 Å². The number of rotatable bonds is 3. The highest BCUT2D eigenvalue weighted by molar-refractivity contribution is 5.76. The van der Waals surface area contributed by atoms with Crippen molar-refractivity contribution in [3.05, 3.63) is 41.5 Å². The molecular formula is C25H34N2O2. The summed E-state index contributed by atoms with van der Waals surface area (Å²) in [5.41, 5.74) is 4.81. The van der Waals surface area contributed by atoms with Crippen LogP contribution in [-0.4, -0.2) is 49.7 Å². The van der Waals surface area contributed by atoms with Crippen molar-refractivity contribution in [1.82, 2.24) is 4.90 Å². The topological polar surface area (TPSA) is 32.8 Å². The fourth-order valence-corrected chi connectivity index (χ4v) is 6.43. The lowest BCUT2D eigenvalue weighted by Crippen LogP contribution is -2.49. The summed E-state index contributed by atoms with van der Waals surface area (Å²) < 4.78 is 5.96. The summed E-state index contributed by atoms with van der Waals surface area (Å²) >= 11 is 0. The number of esters is 1. The van der Waals surface area contributed by atoms with Crippen LogP contribution in [0.5, 0.6) is 0 Å². The number of piperazine rings is 1. The molecule has 2 saturated heterocycles. The van der Waals surface area contributed by atoms with Gasteiger partial charge in [-0.25, -0.2) is 0 Å². The third kappa shape index (κ3) is 3.50. The largest absolute Gasteiger partial charge is 0.462 e. The standard InChI is InChI=1S/C25H34N2O2/c1-18-7-6-10-25(2)16-23-20(15-22(18)25)21(24(28)29-23)17-26-11-13-27(14-12-26)19-8-4-3-5-9-19/h3-5,8-9,20-21,23H,6-7,10-17H2,1-2H3/t20-,21+,23+,25+/m0/s1. The highest BCUT2D eigenvalue weighted by atomic mass is 16.6. The van der Waals surface area contributed by atoms with E-state index in [4.69, 9.17) is 4.74 Å². The van der Waals surface area contributed by atoms with Crippen LogP contribution >= 0.6 is 0 Å². The van der Waals surface area contributed by atoms with E-state index in [1.165, 1.54) is 24.9 Å². The predicted molar refractivity (Wildman–Crippen MR) is 116 cm³/mol. The smallest absolute Gasteiger partial charge is 0.310 e. The number of carbonyl (C=O) groups is 1. The van der Waals surface area contributed by atoms with Crippen LogP contribution in [0.15, 0.2) is 41.5 Å². The van der Waals surface area contributed by atoms with Gasteiger partial charge in [0, 0.05) is 44.3 Å². The fraction of sp³-hybridized carbons (Fsp3) is 0.640. The van der Waals surface area contributed by atoms with Gasteiger partial charge in [0.1, 0.15) is 6.10 Å². The normalized spacial score (nSPS) is 35.3. The Morgan fingerprint density at radius 2 is 1.90 bits per heavy atom. The zero-order chi connectivity index (χ0) is 20.0. The Morgan fingerprint density at radius 3 is 2.66 bits per heavy atom. The Balaban J connectivity index is 1.25. The van der Waals surface area contributed by atoms with Crippen molar-refractivity contribution in [1.29, 1.82) is 0 Å². The molecule has 1 saturated carbocycles. The van der Waals surface area contributed by atoms with E-state index in [1.807, 2.05) is 0 Å². The Bertz CT molecular complexity index is 796. The van der Waals surface area contributed by atoms with E-state index in [0.29, 0.717) is 5.92 Å². The van der Waals surface area contributed by atoms with Gasteiger partial charge in [0.05, 0.1) is 5.92 Å². The molecule has 1 aromatic carbocycles. The van der Waals surface area contributed by atoms with Gasteiger partial charge < -0.3 is 9.64 Å². The summed E-state index contributed by atoms with van der Waals surface area (Å²) in [5, 5.41) is 0. The molecule has 5 rings (SSSR count). The molecule has 0 bridgehead atoms. The van der Waals surface area contributed by atoms with Gasteiger partial charge in [-0.1, -0.05) is 36.3 Å². The molecule has 2 aliphatic heterocycles. The second kappa shape index (κ2) is 7.46.